The summed E-state index contributed by atoms with van der Waals surface area (Å²) in [6, 6.07) is 10.3. The van der Waals surface area contributed by atoms with Gasteiger partial charge >= 0.3 is 5.97 Å². The monoisotopic (exact) mass is 560 g/mol. The minimum Gasteiger partial charge on any atom is -0.481 e. The molecule has 0 spiro atoms. The van der Waals surface area contributed by atoms with Crippen molar-refractivity contribution < 1.29 is 26.7 Å². The van der Waals surface area contributed by atoms with Gasteiger partial charge in [0.05, 0.1) is 9.79 Å². The van der Waals surface area contributed by atoms with E-state index < -0.39 is 38.1 Å². The molecule has 1 saturated heterocycles. The number of rotatable bonds is 10. The number of sulfonamides is 2. The van der Waals surface area contributed by atoms with Gasteiger partial charge in [-0.2, -0.15) is 8.61 Å². The van der Waals surface area contributed by atoms with Crippen LogP contribution in [0.1, 0.15) is 25.7 Å². The first-order chi connectivity index (χ1) is 16.4. The van der Waals surface area contributed by atoms with Crippen molar-refractivity contribution in [2.45, 2.75) is 47.6 Å². The Kier molecular flexibility index (Phi) is 9.01. The number of hydrogen-bond acceptors (Lipinski definition) is 5. The van der Waals surface area contributed by atoms with Crippen LogP contribution in [0.25, 0.3) is 0 Å². The summed E-state index contributed by atoms with van der Waals surface area (Å²) in [5.41, 5.74) is 0. The van der Waals surface area contributed by atoms with Crippen LogP contribution in [0.3, 0.4) is 0 Å². The van der Waals surface area contributed by atoms with E-state index in [9.17, 15) is 21.6 Å². The van der Waals surface area contributed by atoms with Gasteiger partial charge in [-0.05, 0) is 67.8 Å². The number of nitrogens with zero attached hydrogens (tertiary/aromatic N) is 2. The van der Waals surface area contributed by atoms with Gasteiger partial charge in [0.15, 0.2) is 0 Å². The van der Waals surface area contributed by atoms with E-state index in [2.05, 4.69) is 0 Å². The van der Waals surface area contributed by atoms with Gasteiger partial charge in [-0.15, -0.1) is 0 Å². The number of carbonyl (C=O) groups is 1. The van der Waals surface area contributed by atoms with Gasteiger partial charge in [-0.1, -0.05) is 35.4 Å². The highest BCUT2D eigenvalue weighted by atomic mass is 35.5. The number of halogens is 2. The van der Waals surface area contributed by atoms with E-state index in [0.717, 1.165) is 0 Å². The van der Waals surface area contributed by atoms with E-state index in [1.54, 1.807) is 12.2 Å². The topological polar surface area (TPSA) is 112 Å². The lowest BCUT2D eigenvalue weighted by atomic mass is 10.1. The molecule has 3 rings (SSSR count). The lowest BCUT2D eigenvalue weighted by Gasteiger charge is -2.24. The molecule has 190 valence electrons. The maximum Gasteiger partial charge on any atom is 0.303 e. The summed E-state index contributed by atoms with van der Waals surface area (Å²) in [6.45, 7) is -0.0432. The molecule has 12 heteroatoms. The van der Waals surface area contributed by atoms with Gasteiger partial charge in [-0.25, -0.2) is 16.8 Å². The van der Waals surface area contributed by atoms with E-state index in [1.165, 1.54) is 64.2 Å². The van der Waals surface area contributed by atoms with Crippen LogP contribution in [0.4, 0.5) is 0 Å². The van der Waals surface area contributed by atoms with E-state index in [-0.39, 0.29) is 29.2 Å². The summed E-state index contributed by atoms with van der Waals surface area (Å²) in [7, 11) is -6.42. The van der Waals surface area contributed by atoms with E-state index >= 15 is 0 Å². The summed E-state index contributed by atoms with van der Waals surface area (Å²) in [5, 5.41) is 9.61. The van der Waals surface area contributed by atoms with E-state index in [0.29, 0.717) is 22.9 Å². The van der Waals surface area contributed by atoms with Crippen LogP contribution in [0.5, 0.6) is 0 Å². The van der Waals surface area contributed by atoms with Crippen molar-refractivity contribution in [1.82, 2.24) is 8.61 Å². The van der Waals surface area contributed by atoms with Gasteiger partial charge in [0, 0.05) is 42.1 Å². The smallest absolute Gasteiger partial charge is 0.303 e. The maximum atomic E-state index is 13.4. The molecular weight excluding hydrogens is 535 g/mol. The minimum absolute atomic E-state index is 0.00644. The van der Waals surface area contributed by atoms with E-state index in [4.69, 9.17) is 28.3 Å². The average Bonchev–Trinajstić information content (AvgIpc) is 3.23. The number of likely N-dealkylation sites (N-methyl/N-ethyl adjacent to an activating group) is 1. The molecule has 2 atom stereocenters. The number of carboxylic acid groups (broad SMARTS) is 1. The van der Waals surface area contributed by atoms with E-state index in [1.807, 2.05) is 0 Å². The molecule has 0 radical (unpaired) electrons. The number of aliphatic carboxylic acids is 1. The molecule has 0 bridgehead atoms. The third-order valence-corrected chi connectivity index (χ3v) is 10.2. The molecular formula is C23H26Cl2N2O6S2. The largest absolute Gasteiger partial charge is 0.481 e. The second-order valence-electron chi connectivity index (χ2n) is 8.17. The molecule has 0 saturated carbocycles. The normalized spacial score (nSPS) is 19.5. The Morgan fingerprint density at radius 1 is 1.03 bits per heavy atom. The van der Waals surface area contributed by atoms with Crippen molar-refractivity contribution in [2.75, 3.05) is 13.6 Å². The first kappa shape index (κ1) is 27.6. The average molecular weight is 562 g/mol. The second-order valence-corrected chi connectivity index (χ2v) is 12.9. The first-order valence-corrected chi connectivity index (χ1v) is 14.5. The molecule has 0 aromatic heterocycles. The van der Waals surface area contributed by atoms with Crippen LogP contribution in [-0.4, -0.2) is 62.2 Å². The van der Waals surface area contributed by atoms with Crippen molar-refractivity contribution in [1.29, 1.82) is 0 Å². The highest BCUT2D eigenvalue weighted by molar-refractivity contribution is 7.89. The zero-order chi connectivity index (χ0) is 25.8. The summed E-state index contributed by atoms with van der Waals surface area (Å²) in [5.74, 6) is -0.902. The Labute approximate surface area is 215 Å². The molecule has 0 aliphatic carbocycles. The fourth-order valence-electron chi connectivity index (χ4n) is 3.86. The van der Waals surface area contributed by atoms with Crippen LogP contribution in [0.15, 0.2) is 70.5 Å². The zero-order valence-corrected chi connectivity index (χ0v) is 22.1. The lowest BCUT2D eigenvalue weighted by molar-refractivity contribution is -0.137. The van der Waals surface area contributed by atoms with Crippen LogP contribution in [-0.2, 0) is 24.8 Å². The number of hydrogen-bond donors (Lipinski definition) is 1. The van der Waals surface area contributed by atoms with Gasteiger partial charge in [0.2, 0.25) is 20.0 Å². The maximum absolute atomic E-state index is 13.4. The van der Waals surface area contributed by atoms with Crippen molar-refractivity contribution in [3.63, 3.8) is 0 Å². The van der Waals surface area contributed by atoms with Crippen molar-refractivity contribution in [2.24, 2.45) is 0 Å². The van der Waals surface area contributed by atoms with Crippen molar-refractivity contribution in [3.05, 3.63) is 70.7 Å². The van der Waals surface area contributed by atoms with Crippen molar-refractivity contribution in [3.8, 4) is 0 Å². The van der Waals surface area contributed by atoms with Gasteiger partial charge < -0.3 is 5.11 Å². The second kappa shape index (κ2) is 11.4. The minimum atomic E-state index is -3.95. The molecule has 2 aromatic carbocycles. The predicted molar refractivity (Wildman–Crippen MR) is 135 cm³/mol. The molecule has 1 aliphatic heterocycles. The number of allylic oxidation sites excluding steroid dienone is 1. The van der Waals surface area contributed by atoms with Crippen LogP contribution in [0.2, 0.25) is 10.0 Å². The number of benzene rings is 2. The van der Waals surface area contributed by atoms with Gasteiger partial charge in [0.25, 0.3) is 0 Å². The van der Waals surface area contributed by atoms with Crippen LogP contribution < -0.4 is 0 Å². The Bertz CT molecular complexity index is 1280. The molecule has 1 aliphatic rings. The number of unbranched alkanes of at least 4 members (excludes halogenated alkanes) is 1. The highest BCUT2D eigenvalue weighted by Gasteiger charge is 2.43. The molecule has 2 aromatic rings. The standard InChI is InChI=1S/C23H26Cl2N2O6S2/c1-26(34(30,31)21-11-7-17(24)8-12-21)20-15-19(5-3-2-4-6-23(28)29)27(16-20)35(32,33)22-13-9-18(25)10-14-22/h3,5,7-14,19-20H,2,4,6,15-16H2,1H3,(H,28,29)/b5-3-/t19-,20-/m1/s1. The molecule has 1 fully saturated rings. The lowest BCUT2D eigenvalue weighted by Crippen LogP contribution is -2.40. The van der Waals surface area contributed by atoms with Crippen molar-refractivity contribution >= 4 is 49.2 Å². The number of carboxylic acids is 1. The summed E-state index contributed by atoms with van der Waals surface area (Å²) < 4.78 is 55.8. The van der Waals surface area contributed by atoms with Gasteiger partial charge in [0.1, 0.15) is 0 Å². The zero-order valence-electron chi connectivity index (χ0n) is 18.9. The Balaban J connectivity index is 1.88. The Morgan fingerprint density at radius 3 is 2.11 bits per heavy atom. The molecule has 35 heavy (non-hydrogen) atoms. The summed E-state index contributed by atoms with van der Waals surface area (Å²) in [4.78, 5) is 10.9. The third-order valence-electron chi connectivity index (χ3n) is 5.82. The fourth-order valence-corrected chi connectivity index (χ4v) is 7.11. The predicted octanol–water partition coefficient (Wildman–Crippen LogP) is 4.26. The Hall–Kier alpha value is -1.95. The Morgan fingerprint density at radius 2 is 1.57 bits per heavy atom. The summed E-state index contributed by atoms with van der Waals surface area (Å²) >= 11 is 11.8. The first-order valence-electron chi connectivity index (χ1n) is 10.8. The van der Waals surface area contributed by atoms with Gasteiger partial charge in [-0.3, -0.25) is 4.79 Å². The summed E-state index contributed by atoms with van der Waals surface area (Å²) in [6.07, 6.45) is 4.57. The molecule has 1 N–H and O–H groups in total. The molecule has 0 unspecified atom stereocenters. The molecule has 0 amide bonds. The SMILES string of the molecule is CN([C@@H]1C[C@@H](/C=C\CCCC(=O)O)N(S(=O)(=O)c2ccc(Cl)cc2)C1)S(=O)(=O)c1ccc(Cl)cc1. The highest BCUT2D eigenvalue weighted by Crippen LogP contribution is 2.32. The quantitative estimate of drug-likeness (QED) is 0.343. The van der Waals surface area contributed by atoms with Crippen LogP contribution in [0, 0.1) is 0 Å². The molecule has 8 nitrogen and oxygen atoms in total. The third kappa shape index (κ3) is 6.63. The van der Waals surface area contributed by atoms with Crippen LogP contribution >= 0.6 is 23.2 Å². The fraction of sp³-hybridized carbons (Fsp3) is 0.348. The molecule has 1 heterocycles.